The molecule has 1 aliphatic heterocycles. The van der Waals surface area contributed by atoms with Crippen LogP contribution >= 0.6 is 0 Å². The number of methoxy groups -OCH3 is 2. The minimum absolute atomic E-state index is 0.0469. The summed E-state index contributed by atoms with van der Waals surface area (Å²) in [5.41, 5.74) is 4.24. The van der Waals surface area contributed by atoms with Crippen LogP contribution in [0.25, 0.3) is 0 Å². The number of carbonyl (C=O) groups is 2. The fraction of sp³-hybridized carbons (Fsp3) is 0.346. The third-order valence-electron chi connectivity index (χ3n) is 6.16. The Morgan fingerprint density at radius 2 is 1.91 bits per heavy atom. The van der Waals surface area contributed by atoms with Gasteiger partial charge in [-0.3, -0.25) is 9.59 Å². The molecule has 2 heterocycles. The Labute approximate surface area is 193 Å². The zero-order valence-electron chi connectivity index (χ0n) is 19.6. The maximum atomic E-state index is 13.6. The molecular weight excluding hydrogens is 418 g/mol. The van der Waals surface area contributed by atoms with Crippen LogP contribution in [-0.4, -0.2) is 30.9 Å². The molecule has 0 saturated heterocycles. The minimum Gasteiger partial charge on any atom is -0.497 e. The van der Waals surface area contributed by atoms with E-state index >= 15 is 0 Å². The van der Waals surface area contributed by atoms with Crippen molar-refractivity contribution in [1.82, 2.24) is 10.3 Å². The lowest BCUT2D eigenvalue weighted by Crippen LogP contribution is -2.37. The van der Waals surface area contributed by atoms with Crippen molar-refractivity contribution in [2.75, 3.05) is 19.5 Å². The van der Waals surface area contributed by atoms with Gasteiger partial charge in [0.15, 0.2) is 5.78 Å². The quantitative estimate of drug-likeness (QED) is 0.712. The summed E-state index contributed by atoms with van der Waals surface area (Å²) >= 11 is 0. The van der Waals surface area contributed by atoms with Crippen molar-refractivity contribution in [2.45, 2.75) is 39.5 Å². The number of pyridine rings is 1. The van der Waals surface area contributed by atoms with Gasteiger partial charge in [0.05, 0.1) is 20.1 Å². The Bertz CT molecular complexity index is 1180. The Hall–Kier alpha value is -3.61. The fourth-order valence-electron chi connectivity index (χ4n) is 4.70. The summed E-state index contributed by atoms with van der Waals surface area (Å²) in [7, 11) is 3.16. The maximum Gasteiger partial charge on any atom is 0.255 e. The largest absolute Gasteiger partial charge is 0.497 e. The highest BCUT2D eigenvalue weighted by atomic mass is 16.5. The molecule has 1 aliphatic carbocycles. The van der Waals surface area contributed by atoms with Gasteiger partial charge in [0.1, 0.15) is 17.3 Å². The van der Waals surface area contributed by atoms with Crippen LogP contribution in [0.15, 0.2) is 58.9 Å². The van der Waals surface area contributed by atoms with Gasteiger partial charge in [-0.2, -0.15) is 0 Å². The lowest BCUT2D eigenvalue weighted by molar-refractivity contribution is -0.117. The molecule has 2 atom stereocenters. The van der Waals surface area contributed by atoms with Crippen molar-refractivity contribution < 1.29 is 19.1 Å². The second-order valence-corrected chi connectivity index (χ2v) is 8.65. The van der Waals surface area contributed by atoms with E-state index in [0.29, 0.717) is 40.6 Å². The molecule has 1 aromatic carbocycles. The van der Waals surface area contributed by atoms with E-state index in [0.717, 1.165) is 23.4 Å². The van der Waals surface area contributed by atoms with E-state index in [4.69, 9.17) is 9.47 Å². The first-order valence-electron chi connectivity index (χ1n) is 11.0. The van der Waals surface area contributed by atoms with E-state index in [2.05, 4.69) is 22.5 Å². The smallest absolute Gasteiger partial charge is 0.255 e. The molecule has 0 radical (unpaired) electrons. The van der Waals surface area contributed by atoms with E-state index in [1.165, 1.54) is 0 Å². The molecule has 1 aromatic heterocycles. The van der Waals surface area contributed by atoms with Crippen LogP contribution < -0.4 is 20.1 Å². The Kier molecular flexibility index (Phi) is 6.22. The van der Waals surface area contributed by atoms with Gasteiger partial charge < -0.3 is 20.1 Å². The molecule has 4 rings (SSSR count). The SMILES string of the molecule is COc1ccc([C@@H]2C(C(=O)Nc3cccc(C)n3)=C(C)NC3=C2C(=O)C[C@@H](C)C3)c(OC)c1. The van der Waals surface area contributed by atoms with Crippen molar-refractivity contribution >= 4 is 17.5 Å². The standard InChI is InChI=1S/C26H29N3O4/c1-14-11-19-25(20(30)12-14)24(18-10-9-17(32-4)13-21(18)33-5)23(16(3)28-19)26(31)29-22-8-6-7-15(2)27-22/h6-10,13-14,24,28H,11-12H2,1-5H3,(H,27,29,31)/t14-,24+/m0/s1. The number of rotatable bonds is 5. The summed E-state index contributed by atoms with van der Waals surface area (Å²) in [5, 5.41) is 6.27. The van der Waals surface area contributed by atoms with Crippen molar-refractivity contribution in [3.05, 3.63) is 70.2 Å². The highest BCUT2D eigenvalue weighted by Crippen LogP contribution is 2.46. The molecule has 2 aromatic rings. The second-order valence-electron chi connectivity index (χ2n) is 8.65. The highest BCUT2D eigenvalue weighted by Gasteiger charge is 2.41. The topological polar surface area (TPSA) is 89.5 Å². The number of anilines is 1. The third-order valence-corrected chi connectivity index (χ3v) is 6.16. The van der Waals surface area contributed by atoms with Crippen molar-refractivity contribution in [3.8, 4) is 11.5 Å². The van der Waals surface area contributed by atoms with E-state index in [9.17, 15) is 9.59 Å². The van der Waals surface area contributed by atoms with Gasteiger partial charge >= 0.3 is 0 Å². The molecule has 0 spiro atoms. The number of aryl methyl sites for hydroxylation is 1. The molecule has 0 unspecified atom stereocenters. The molecule has 0 saturated carbocycles. The monoisotopic (exact) mass is 447 g/mol. The highest BCUT2D eigenvalue weighted by molar-refractivity contribution is 6.09. The summed E-state index contributed by atoms with van der Waals surface area (Å²) in [6.45, 7) is 5.80. The van der Waals surface area contributed by atoms with Crippen LogP contribution in [0.1, 0.15) is 43.9 Å². The predicted molar refractivity (Wildman–Crippen MR) is 126 cm³/mol. The van der Waals surface area contributed by atoms with Crippen molar-refractivity contribution in [1.29, 1.82) is 0 Å². The van der Waals surface area contributed by atoms with E-state index in [1.807, 2.05) is 38.1 Å². The first-order chi connectivity index (χ1) is 15.8. The number of allylic oxidation sites excluding steroid dienone is 3. The van der Waals surface area contributed by atoms with Gasteiger partial charge in [-0.25, -0.2) is 4.98 Å². The zero-order valence-corrected chi connectivity index (χ0v) is 19.6. The van der Waals surface area contributed by atoms with Crippen molar-refractivity contribution in [2.24, 2.45) is 5.92 Å². The van der Waals surface area contributed by atoms with E-state index in [-0.39, 0.29) is 17.6 Å². The van der Waals surface area contributed by atoms with Crippen LogP contribution in [0.4, 0.5) is 5.82 Å². The summed E-state index contributed by atoms with van der Waals surface area (Å²) in [5.74, 6) is 1.08. The molecular formula is C26H29N3O4. The van der Waals surface area contributed by atoms with Gasteiger partial charge in [-0.15, -0.1) is 0 Å². The number of Topliss-reactive ketones (excluding diaryl/α,β-unsaturated/α-hetero) is 1. The van der Waals surface area contributed by atoms with Gasteiger partial charge in [0.25, 0.3) is 5.91 Å². The number of carbonyl (C=O) groups excluding carboxylic acids is 2. The van der Waals surface area contributed by atoms with Gasteiger partial charge in [-0.1, -0.05) is 19.1 Å². The number of benzene rings is 1. The van der Waals surface area contributed by atoms with Gasteiger partial charge in [0.2, 0.25) is 0 Å². The molecule has 2 N–H and O–H groups in total. The maximum absolute atomic E-state index is 13.6. The van der Waals surface area contributed by atoms with Crippen molar-refractivity contribution in [3.63, 3.8) is 0 Å². The Morgan fingerprint density at radius 3 is 2.61 bits per heavy atom. The van der Waals surface area contributed by atoms with Crippen LogP contribution in [0.3, 0.4) is 0 Å². The number of hydrogen-bond donors (Lipinski definition) is 2. The fourth-order valence-corrected chi connectivity index (χ4v) is 4.70. The summed E-state index contributed by atoms with van der Waals surface area (Å²) in [6, 6.07) is 10.9. The number of aromatic nitrogens is 1. The molecule has 2 aliphatic rings. The molecule has 1 amide bonds. The molecule has 33 heavy (non-hydrogen) atoms. The number of nitrogens with one attached hydrogen (secondary N) is 2. The molecule has 7 heteroatoms. The van der Waals surface area contributed by atoms with Crippen LogP contribution in [0.2, 0.25) is 0 Å². The van der Waals surface area contributed by atoms with Crippen LogP contribution in [0.5, 0.6) is 11.5 Å². The molecule has 172 valence electrons. The summed E-state index contributed by atoms with van der Waals surface area (Å²) < 4.78 is 11.0. The average molecular weight is 448 g/mol. The Morgan fingerprint density at radius 1 is 1.12 bits per heavy atom. The van der Waals surface area contributed by atoms with Gasteiger partial charge in [0, 0.05) is 46.3 Å². The molecule has 7 nitrogen and oxygen atoms in total. The number of ketones is 1. The number of hydrogen-bond acceptors (Lipinski definition) is 6. The number of ether oxygens (including phenoxy) is 2. The first-order valence-corrected chi connectivity index (χ1v) is 11.0. The van der Waals surface area contributed by atoms with E-state index < -0.39 is 5.92 Å². The number of amides is 1. The number of dihydropyridines is 1. The Balaban J connectivity index is 1.85. The summed E-state index contributed by atoms with van der Waals surface area (Å²) in [6.07, 6.45) is 1.20. The van der Waals surface area contributed by atoms with Gasteiger partial charge in [-0.05, 0) is 44.4 Å². The second kappa shape index (κ2) is 9.10. The average Bonchev–Trinajstić information content (AvgIpc) is 2.77. The predicted octanol–water partition coefficient (Wildman–Crippen LogP) is 4.26. The molecule has 0 fully saturated rings. The number of nitrogens with zero attached hydrogens (tertiary/aromatic N) is 1. The normalized spacial score (nSPS) is 20.2. The minimum atomic E-state index is -0.563. The zero-order chi connectivity index (χ0) is 23.7. The van der Waals surface area contributed by atoms with Crippen LogP contribution in [-0.2, 0) is 9.59 Å². The first kappa shape index (κ1) is 22.6. The third kappa shape index (κ3) is 4.35. The lowest BCUT2D eigenvalue weighted by atomic mass is 9.73. The lowest BCUT2D eigenvalue weighted by Gasteiger charge is -2.36. The van der Waals surface area contributed by atoms with E-state index in [1.54, 1.807) is 26.4 Å². The summed E-state index contributed by atoms with van der Waals surface area (Å²) in [4.78, 5) is 31.3. The van der Waals surface area contributed by atoms with Crippen LogP contribution in [0, 0.1) is 12.8 Å². The molecule has 0 bridgehead atoms.